The van der Waals surface area contributed by atoms with Gasteiger partial charge in [0.25, 0.3) is 5.56 Å². The predicted octanol–water partition coefficient (Wildman–Crippen LogP) is 6.70. The van der Waals surface area contributed by atoms with Gasteiger partial charge in [-0.1, -0.05) is 51.0 Å². The molecule has 0 radical (unpaired) electrons. The van der Waals surface area contributed by atoms with Gasteiger partial charge in [0, 0.05) is 18.5 Å². The summed E-state index contributed by atoms with van der Waals surface area (Å²) >= 11 is 3.35. The Morgan fingerprint density at radius 3 is 2.42 bits per heavy atom. The lowest BCUT2D eigenvalue weighted by atomic mass is 10.0. The Balaban J connectivity index is 1.83. The minimum atomic E-state index is -0.0914. The van der Waals surface area contributed by atoms with Crippen LogP contribution in [0.25, 0.3) is 16.3 Å². The molecule has 1 atom stereocenters. The lowest BCUT2D eigenvalue weighted by Gasteiger charge is -2.17. The fourth-order valence-corrected chi connectivity index (χ4v) is 5.97. The van der Waals surface area contributed by atoms with Gasteiger partial charge >= 0.3 is 0 Å². The first-order valence-electron chi connectivity index (χ1n) is 11.5. The van der Waals surface area contributed by atoms with E-state index in [0.717, 1.165) is 22.6 Å². The van der Waals surface area contributed by atoms with Gasteiger partial charge in [0.2, 0.25) is 0 Å². The lowest BCUT2D eigenvalue weighted by Crippen LogP contribution is -2.21. The van der Waals surface area contributed by atoms with Gasteiger partial charge in [-0.25, -0.2) is 9.67 Å². The maximum atomic E-state index is 13.4. The summed E-state index contributed by atoms with van der Waals surface area (Å²) in [6.07, 6.45) is 3.48. The maximum Gasteiger partial charge on any atom is 0.297 e. The molecule has 1 aromatic carbocycles. The highest BCUT2D eigenvalue weighted by Gasteiger charge is 2.19. The molecule has 33 heavy (non-hydrogen) atoms. The number of para-hydroxylation sites is 1. The van der Waals surface area contributed by atoms with Crippen molar-refractivity contribution in [1.29, 1.82) is 0 Å². The van der Waals surface area contributed by atoms with Crippen LogP contribution in [0.4, 0.5) is 5.69 Å². The molecule has 0 bridgehead atoms. The van der Waals surface area contributed by atoms with E-state index >= 15 is 0 Å². The largest absolute Gasteiger partial charge is 0.313 e. The van der Waals surface area contributed by atoms with E-state index in [1.807, 2.05) is 49.0 Å². The quantitative estimate of drug-likeness (QED) is 0.277. The number of hydrogen-bond donors (Lipinski definition) is 0. The fraction of sp³-hybridized carbons (Fsp3) is 0.385. The van der Waals surface area contributed by atoms with E-state index in [2.05, 4.69) is 48.2 Å². The van der Waals surface area contributed by atoms with Gasteiger partial charge in [0.1, 0.15) is 0 Å². The summed E-state index contributed by atoms with van der Waals surface area (Å²) in [5, 5.41) is 4.29. The number of thiazole rings is 1. The van der Waals surface area contributed by atoms with Crippen LogP contribution in [0.2, 0.25) is 0 Å². The van der Waals surface area contributed by atoms with Crippen LogP contribution in [-0.2, 0) is 7.05 Å². The molecular weight excluding hydrogens is 448 g/mol. The lowest BCUT2D eigenvalue weighted by molar-refractivity contribution is 0.444. The molecule has 174 valence electrons. The molecule has 3 heterocycles. The topological polar surface area (TPSA) is 44.2 Å². The van der Waals surface area contributed by atoms with Crippen molar-refractivity contribution in [3.63, 3.8) is 0 Å². The van der Waals surface area contributed by atoms with Crippen molar-refractivity contribution in [2.24, 2.45) is 18.0 Å². The first-order chi connectivity index (χ1) is 15.9. The highest BCUT2D eigenvalue weighted by molar-refractivity contribution is 7.14. The first kappa shape index (κ1) is 23.5. The normalized spacial score (nSPS) is 13.2. The molecule has 0 spiro atoms. The average Bonchev–Trinajstić information content (AvgIpc) is 3.50. The summed E-state index contributed by atoms with van der Waals surface area (Å²) < 4.78 is 5.91. The van der Waals surface area contributed by atoms with Gasteiger partial charge in [-0.3, -0.25) is 9.48 Å². The molecule has 5 nitrogen and oxygen atoms in total. The molecule has 0 saturated carbocycles. The van der Waals surface area contributed by atoms with Crippen LogP contribution >= 0.6 is 22.7 Å². The molecule has 0 fully saturated rings. The summed E-state index contributed by atoms with van der Waals surface area (Å²) in [5.41, 5.74) is 3.29. The van der Waals surface area contributed by atoms with Gasteiger partial charge < -0.3 is 4.57 Å². The van der Waals surface area contributed by atoms with Crippen molar-refractivity contribution in [1.82, 2.24) is 13.9 Å². The van der Waals surface area contributed by atoms with Crippen LogP contribution in [0.15, 0.2) is 63.0 Å². The summed E-state index contributed by atoms with van der Waals surface area (Å²) in [7, 11) is 1.91. The SMILES string of the molecule is Cc1c(N=c2scc(-c3cccs3)n2C(C)CCCC(C)C)c(=O)n(-c2ccccc2)n1C. The Labute approximate surface area is 203 Å². The van der Waals surface area contributed by atoms with Crippen LogP contribution in [0, 0.1) is 12.8 Å². The van der Waals surface area contributed by atoms with Crippen molar-refractivity contribution in [3.8, 4) is 16.3 Å². The molecule has 1 unspecified atom stereocenters. The molecule has 4 rings (SSSR count). The van der Waals surface area contributed by atoms with Crippen molar-refractivity contribution in [2.45, 2.75) is 53.0 Å². The van der Waals surface area contributed by atoms with E-state index in [4.69, 9.17) is 4.99 Å². The van der Waals surface area contributed by atoms with Crippen LogP contribution < -0.4 is 10.4 Å². The Kier molecular flexibility index (Phi) is 7.20. The summed E-state index contributed by atoms with van der Waals surface area (Å²) in [6.45, 7) is 8.78. The summed E-state index contributed by atoms with van der Waals surface area (Å²) in [5.74, 6) is 0.703. The van der Waals surface area contributed by atoms with Crippen LogP contribution in [0.5, 0.6) is 0 Å². The van der Waals surface area contributed by atoms with Crippen molar-refractivity contribution in [2.75, 3.05) is 0 Å². The molecule has 0 aliphatic carbocycles. The number of nitrogens with zero attached hydrogens (tertiary/aromatic N) is 4. The molecule has 0 saturated heterocycles. The molecule has 3 aromatic heterocycles. The minimum Gasteiger partial charge on any atom is -0.313 e. The third kappa shape index (κ3) is 4.84. The standard InChI is InChI=1S/C26H32N4OS2/c1-18(2)11-9-12-19(3)29-22(23-15-10-16-32-23)17-33-26(29)27-24-20(4)28(5)30(25(24)31)21-13-7-6-8-14-21/h6-8,10,13-19H,9,11-12H2,1-5H3. The smallest absolute Gasteiger partial charge is 0.297 e. The van der Waals surface area contributed by atoms with E-state index in [1.54, 1.807) is 27.4 Å². The Morgan fingerprint density at radius 2 is 1.76 bits per heavy atom. The number of hydrogen-bond acceptors (Lipinski definition) is 4. The summed E-state index contributed by atoms with van der Waals surface area (Å²) in [4.78, 5) is 20.5. The van der Waals surface area contributed by atoms with E-state index in [0.29, 0.717) is 17.6 Å². The third-order valence-electron chi connectivity index (χ3n) is 6.09. The number of thiophene rings is 1. The van der Waals surface area contributed by atoms with Crippen LogP contribution in [-0.4, -0.2) is 13.9 Å². The Hall–Kier alpha value is -2.64. The second-order valence-electron chi connectivity index (χ2n) is 8.95. The second-order valence-corrected chi connectivity index (χ2v) is 10.7. The number of rotatable bonds is 8. The van der Waals surface area contributed by atoms with E-state index < -0.39 is 0 Å². The number of benzene rings is 1. The molecule has 0 amide bonds. The predicted molar refractivity (Wildman–Crippen MR) is 140 cm³/mol. The van der Waals surface area contributed by atoms with Gasteiger partial charge in [0.15, 0.2) is 10.5 Å². The zero-order chi connectivity index (χ0) is 23.5. The second kappa shape index (κ2) is 10.1. The van der Waals surface area contributed by atoms with Crippen molar-refractivity contribution >= 4 is 28.4 Å². The highest BCUT2D eigenvalue weighted by Crippen LogP contribution is 2.29. The summed E-state index contributed by atoms with van der Waals surface area (Å²) in [6, 6.07) is 14.3. The molecule has 0 aliphatic rings. The van der Waals surface area contributed by atoms with Gasteiger partial charge in [-0.05, 0) is 49.8 Å². The zero-order valence-electron chi connectivity index (χ0n) is 20.0. The molecule has 0 aliphatic heterocycles. The van der Waals surface area contributed by atoms with Gasteiger partial charge in [-0.15, -0.1) is 22.7 Å². The van der Waals surface area contributed by atoms with E-state index in [1.165, 1.54) is 23.4 Å². The minimum absolute atomic E-state index is 0.0914. The molecular formula is C26H32N4OS2. The van der Waals surface area contributed by atoms with Crippen molar-refractivity contribution < 1.29 is 0 Å². The Morgan fingerprint density at radius 1 is 1.00 bits per heavy atom. The third-order valence-corrected chi connectivity index (χ3v) is 7.82. The Bertz CT molecular complexity index is 1320. The zero-order valence-corrected chi connectivity index (χ0v) is 21.6. The van der Waals surface area contributed by atoms with E-state index in [9.17, 15) is 4.79 Å². The van der Waals surface area contributed by atoms with Crippen LogP contribution in [0.1, 0.15) is 51.8 Å². The van der Waals surface area contributed by atoms with E-state index in [-0.39, 0.29) is 5.56 Å². The average molecular weight is 481 g/mol. The highest BCUT2D eigenvalue weighted by atomic mass is 32.1. The van der Waals surface area contributed by atoms with Crippen LogP contribution in [0.3, 0.4) is 0 Å². The first-order valence-corrected chi connectivity index (χ1v) is 13.3. The van der Waals surface area contributed by atoms with Gasteiger partial charge in [-0.2, -0.15) is 0 Å². The molecule has 4 aromatic rings. The maximum absolute atomic E-state index is 13.4. The van der Waals surface area contributed by atoms with Gasteiger partial charge in [0.05, 0.1) is 22.0 Å². The van der Waals surface area contributed by atoms with Crippen molar-refractivity contribution in [3.05, 3.63) is 74.1 Å². The molecule has 7 heteroatoms. The fourth-order valence-electron chi connectivity index (χ4n) is 4.16. The monoisotopic (exact) mass is 480 g/mol. The molecule has 0 N–H and O–H groups in total. The number of aromatic nitrogens is 3.